The average Bonchev–Trinajstić information content (AvgIpc) is 2.83. The monoisotopic (exact) mass is 390 g/mol. The Hall–Kier alpha value is -2.57. The molecule has 0 bridgehead atoms. The summed E-state index contributed by atoms with van der Waals surface area (Å²) in [6, 6.07) is 6.03. The Balaban J connectivity index is 1.81. The van der Waals surface area contributed by atoms with Crippen molar-refractivity contribution in [2.24, 2.45) is 5.92 Å². The minimum absolute atomic E-state index is 0.00941. The summed E-state index contributed by atoms with van der Waals surface area (Å²) in [5.41, 5.74) is 0.864. The molecule has 2 aliphatic heterocycles. The third-order valence-electron chi connectivity index (χ3n) is 5.21. The summed E-state index contributed by atoms with van der Waals surface area (Å²) in [5.74, 6) is 0.311. The van der Waals surface area contributed by atoms with Crippen molar-refractivity contribution in [2.45, 2.75) is 39.8 Å². The Labute approximate surface area is 164 Å². The second-order valence-electron chi connectivity index (χ2n) is 7.54. The van der Waals surface area contributed by atoms with Crippen LogP contribution in [0.3, 0.4) is 0 Å². The summed E-state index contributed by atoms with van der Waals surface area (Å²) in [6.07, 6.45) is 0.239. The largest absolute Gasteiger partial charge is 0.491 e. The van der Waals surface area contributed by atoms with E-state index in [1.165, 1.54) is 12.1 Å². The van der Waals surface area contributed by atoms with Crippen molar-refractivity contribution in [1.82, 2.24) is 9.80 Å². The number of nitrogens with zero attached hydrogens (tertiary/aromatic N) is 2. The SMILES string of the molecule is CC1=C(C(=O)N2CCC(=O)N(Cc3ccc(F)cc3)C(C(C)C)C2)OCCO1. The first-order chi connectivity index (χ1) is 13.4. The van der Waals surface area contributed by atoms with E-state index in [0.29, 0.717) is 38.6 Å². The van der Waals surface area contributed by atoms with Crippen LogP contribution in [0.5, 0.6) is 0 Å². The first-order valence-corrected chi connectivity index (χ1v) is 9.66. The molecule has 1 saturated heterocycles. The van der Waals surface area contributed by atoms with Gasteiger partial charge in [0, 0.05) is 26.1 Å². The highest BCUT2D eigenvalue weighted by molar-refractivity contribution is 5.92. The van der Waals surface area contributed by atoms with Crippen LogP contribution in [0.2, 0.25) is 0 Å². The first kappa shape index (κ1) is 20.2. The number of hydrogen-bond acceptors (Lipinski definition) is 4. The highest BCUT2D eigenvalue weighted by Gasteiger charge is 2.35. The highest BCUT2D eigenvalue weighted by atomic mass is 19.1. The van der Waals surface area contributed by atoms with E-state index in [0.717, 1.165) is 5.56 Å². The smallest absolute Gasteiger partial charge is 0.292 e. The lowest BCUT2D eigenvalue weighted by molar-refractivity contribution is -0.135. The van der Waals surface area contributed by atoms with E-state index in [4.69, 9.17) is 9.47 Å². The zero-order chi connectivity index (χ0) is 20.3. The van der Waals surface area contributed by atoms with Crippen molar-refractivity contribution in [3.63, 3.8) is 0 Å². The van der Waals surface area contributed by atoms with Gasteiger partial charge in [0.05, 0.1) is 6.04 Å². The maximum Gasteiger partial charge on any atom is 0.292 e. The van der Waals surface area contributed by atoms with Crippen molar-refractivity contribution in [1.29, 1.82) is 0 Å². The van der Waals surface area contributed by atoms with Gasteiger partial charge in [-0.25, -0.2) is 4.39 Å². The van der Waals surface area contributed by atoms with Crippen molar-refractivity contribution >= 4 is 11.8 Å². The highest BCUT2D eigenvalue weighted by Crippen LogP contribution is 2.23. The molecule has 3 rings (SSSR count). The van der Waals surface area contributed by atoms with Gasteiger partial charge in [-0.15, -0.1) is 0 Å². The molecular weight excluding hydrogens is 363 g/mol. The number of hydrogen-bond donors (Lipinski definition) is 0. The normalized spacial score (nSPS) is 20.8. The second kappa shape index (κ2) is 8.63. The van der Waals surface area contributed by atoms with Crippen molar-refractivity contribution < 1.29 is 23.5 Å². The Morgan fingerprint density at radius 2 is 1.89 bits per heavy atom. The van der Waals surface area contributed by atoms with Gasteiger partial charge >= 0.3 is 0 Å². The molecule has 6 nitrogen and oxygen atoms in total. The fourth-order valence-corrected chi connectivity index (χ4v) is 3.58. The van der Waals surface area contributed by atoms with E-state index in [1.807, 2.05) is 18.7 Å². The van der Waals surface area contributed by atoms with E-state index < -0.39 is 0 Å². The van der Waals surface area contributed by atoms with E-state index in [-0.39, 0.29) is 41.8 Å². The third kappa shape index (κ3) is 4.46. The molecule has 1 aromatic carbocycles. The van der Waals surface area contributed by atoms with E-state index in [9.17, 15) is 14.0 Å². The molecule has 2 heterocycles. The molecule has 1 fully saturated rings. The molecule has 0 aliphatic carbocycles. The Bertz CT molecular complexity index is 760. The number of carbonyl (C=O) groups is 2. The Morgan fingerprint density at radius 3 is 2.54 bits per heavy atom. The molecular formula is C21H27FN2O4. The fourth-order valence-electron chi connectivity index (χ4n) is 3.58. The summed E-state index contributed by atoms with van der Waals surface area (Å²) in [4.78, 5) is 29.3. The van der Waals surface area contributed by atoms with Crippen LogP contribution in [0.25, 0.3) is 0 Å². The second-order valence-corrected chi connectivity index (χ2v) is 7.54. The van der Waals surface area contributed by atoms with E-state index in [2.05, 4.69) is 0 Å². The Kier molecular flexibility index (Phi) is 6.21. The molecule has 0 radical (unpaired) electrons. The molecule has 1 atom stereocenters. The van der Waals surface area contributed by atoms with Crippen LogP contribution in [0.1, 0.15) is 32.8 Å². The van der Waals surface area contributed by atoms with Gasteiger partial charge in [0.15, 0.2) is 0 Å². The third-order valence-corrected chi connectivity index (χ3v) is 5.21. The quantitative estimate of drug-likeness (QED) is 0.793. The minimum Gasteiger partial charge on any atom is -0.491 e. The zero-order valence-electron chi connectivity index (χ0n) is 16.6. The molecule has 1 unspecified atom stereocenters. The van der Waals surface area contributed by atoms with Gasteiger partial charge in [0.1, 0.15) is 24.8 Å². The number of benzene rings is 1. The van der Waals surface area contributed by atoms with Gasteiger partial charge in [0.2, 0.25) is 11.7 Å². The van der Waals surface area contributed by atoms with Gasteiger partial charge in [0.25, 0.3) is 5.91 Å². The topological polar surface area (TPSA) is 59.1 Å². The van der Waals surface area contributed by atoms with Gasteiger partial charge in [-0.1, -0.05) is 26.0 Å². The van der Waals surface area contributed by atoms with Crippen LogP contribution >= 0.6 is 0 Å². The molecule has 152 valence electrons. The van der Waals surface area contributed by atoms with Gasteiger partial charge in [-0.05, 0) is 30.5 Å². The zero-order valence-corrected chi connectivity index (χ0v) is 16.6. The van der Waals surface area contributed by atoms with Crippen molar-refractivity contribution in [3.05, 3.63) is 47.2 Å². The van der Waals surface area contributed by atoms with Crippen LogP contribution < -0.4 is 0 Å². The number of allylic oxidation sites excluding steroid dienone is 1. The molecule has 0 spiro atoms. The Morgan fingerprint density at radius 1 is 1.21 bits per heavy atom. The molecule has 28 heavy (non-hydrogen) atoms. The summed E-state index contributed by atoms with van der Waals surface area (Å²) < 4.78 is 24.2. The van der Waals surface area contributed by atoms with E-state index in [1.54, 1.807) is 24.0 Å². The average molecular weight is 390 g/mol. The molecule has 0 N–H and O–H groups in total. The molecule has 1 aromatic rings. The number of ether oxygens (including phenoxy) is 2. The fraction of sp³-hybridized carbons (Fsp3) is 0.524. The van der Waals surface area contributed by atoms with Gasteiger partial charge in [-0.2, -0.15) is 0 Å². The first-order valence-electron chi connectivity index (χ1n) is 9.66. The van der Waals surface area contributed by atoms with Crippen molar-refractivity contribution in [2.75, 3.05) is 26.3 Å². The molecule has 7 heteroatoms. The number of carbonyl (C=O) groups excluding carboxylic acids is 2. The number of amides is 2. The molecule has 2 amide bonds. The van der Waals surface area contributed by atoms with Crippen LogP contribution in [0.15, 0.2) is 35.8 Å². The molecule has 2 aliphatic rings. The molecule has 0 saturated carbocycles. The summed E-state index contributed by atoms with van der Waals surface area (Å²) in [7, 11) is 0. The van der Waals surface area contributed by atoms with E-state index >= 15 is 0 Å². The van der Waals surface area contributed by atoms with Crippen LogP contribution in [-0.4, -0.2) is 54.0 Å². The molecule has 0 aromatic heterocycles. The summed E-state index contributed by atoms with van der Waals surface area (Å²) in [6.45, 7) is 7.71. The standard InChI is InChI=1S/C21H27FN2O4/c1-14(2)18-13-23(21(26)20-15(3)27-10-11-28-20)9-8-19(25)24(18)12-16-4-6-17(22)7-5-16/h4-7,14,18H,8-13H2,1-3H3. The number of rotatable bonds is 4. The lowest BCUT2D eigenvalue weighted by Gasteiger charge is -2.35. The van der Waals surface area contributed by atoms with Gasteiger partial charge < -0.3 is 19.3 Å². The van der Waals surface area contributed by atoms with Crippen LogP contribution in [0.4, 0.5) is 4.39 Å². The van der Waals surface area contributed by atoms with Crippen LogP contribution in [0, 0.1) is 11.7 Å². The number of halogens is 1. The van der Waals surface area contributed by atoms with Crippen molar-refractivity contribution in [3.8, 4) is 0 Å². The predicted molar refractivity (Wildman–Crippen MR) is 101 cm³/mol. The van der Waals surface area contributed by atoms with Gasteiger partial charge in [-0.3, -0.25) is 9.59 Å². The maximum atomic E-state index is 13.2. The maximum absolute atomic E-state index is 13.2. The minimum atomic E-state index is -0.304. The predicted octanol–water partition coefficient (Wildman–Crippen LogP) is 2.69. The summed E-state index contributed by atoms with van der Waals surface area (Å²) in [5, 5.41) is 0. The summed E-state index contributed by atoms with van der Waals surface area (Å²) >= 11 is 0. The lowest BCUT2D eigenvalue weighted by atomic mass is 10.0. The lowest BCUT2D eigenvalue weighted by Crippen LogP contribution is -2.47. The van der Waals surface area contributed by atoms with Crippen LogP contribution in [-0.2, 0) is 25.6 Å².